The van der Waals surface area contributed by atoms with Gasteiger partial charge in [-0.05, 0) is 30.3 Å². The van der Waals surface area contributed by atoms with Gasteiger partial charge in [-0.3, -0.25) is 4.99 Å². The first-order chi connectivity index (χ1) is 14.2. The number of amidine groups is 1. The van der Waals surface area contributed by atoms with E-state index in [1.54, 1.807) is 6.08 Å². The Balaban J connectivity index is 2.28. The Hall–Kier alpha value is -3.08. The van der Waals surface area contributed by atoms with Crippen LogP contribution in [0.15, 0.2) is 71.2 Å². The summed E-state index contributed by atoms with van der Waals surface area (Å²) in [7, 11) is 0. The lowest BCUT2D eigenvalue weighted by atomic mass is 10.1. The van der Waals surface area contributed by atoms with E-state index < -0.39 is 0 Å². The predicted octanol–water partition coefficient (Wildman–Crippen LogP) is 4.87. The van der Waals surface area contributed by atoms with Crippen LogP contribution in [0.25, 0.3) is 0 Å². The zero-order chi connectivity index (χ0) is 20.9. The molecule has 1 unspecified atom stereocenters. The molecule has 0 radical (unpaired) electrons. The third-order valence-corrected chi connectivity index (χ3v) is 4.38. The standard InChI is InChI=1S/C24H31N3O2/c1-5-12-26-24(27-18-25-4)21-13-22(28-16-19(3)6-2)15-23(14-21)29-17-20-10-8-7-9-11-20/h5,7-11,13-15,19H,1,4,6,12,16-18H2,2-3H3,(H,26,27). The fraction of sp³-hybridized carbons (Fsp3) is 0.333. The zero-order valence-corrected chi connectivity index (χ0v) is 17.4. The largest absolute Gasteiger partial charge is 0.493 e. The number of hydrogen-bond donors (Lipinski definition) is 1. The smallest absolute Gasteiger partial charge is 0.130 e. The topological polar surface area (TPSA) is 55.2 Å². The number of nitrogens with one attached hydrogen (secondary N) is 1. The summed E-state index contributed by atoms with van der Waals surface area (Å²) in [6.45, 7) is 13.6. The lowest BCUT2D eigenvalue weighted by Gasteiger charge is -2.16. The second kappa shape index (κ2) is 12.4. The third-order valence-electron chi connectivity index (χ3n) is 4.38. The molecule has 0 aliphatic rings. The molecule has 0 heterocycles. The molecular formula is C24H31N3O2. The molecule has 1 N–H and O–H groups in total. The van der Waals surface area contributed by atoms with Crippen molar-refractivity contribution in [3.05, 3.63) is 72.3 Å². The van der Waals surface area contributed by atoms with Crippen LogP contribution in [0.3, 0.4) is 0 Å². The summed E-state index contributed by atoms with van der Waals surface area (Å²) in [4.78, 5) is 8.31. The van der Waals surface area contributed by atoms with E-state index >= 15 is 0 Å². The van der Waals surface area contributed by atoms with Crippen molar-refractivity contribution < 1.29 is 9.47 Å². The number of rotatable bonds is 12. The van der Waals surface area contributed by atoms with Crippen molar-refractivity contribution in [3.8, 4) is 11.5 Å². The minimum atomic E-state index is 0.275. The van der Waals surface area contributed by atoms with Gasteiger partial charge in [0.15, 0.2) is 0 Å². The molecule has 2 aromatic rings. The highest BCUT2D eigenvalue weighted by molar-refractivity contribution is 5.99. The average molecular weight is 394 g/mol. The van der Waals surface area contributed by atoms with Gasteiger partial charge in [0.1, 0.15) is 30.6 Å². The molecule has 0 aliphatic heterocycles. The van der Waals surface area contributed by atoms with Crippen LogP contribution in [0.4, 0.5) is 0 Å². The van der Waals surface area contributed by atoms with Crippen LogP contribution >= 0.6 is 0 Å². The fourth-order valence-corrected chi connectivity index (χ4v) is 2.51. The van der Waals surface area contributed by atoms with E-state index in [4.69, 9.17) is 9.47 Å². The maximum absolute atomic E-state index is 6.05. The van der Waals surface area contributed by atoms with Gasteiger partial charge in [-0.1, -0.05) is 56.7 Å². The SMILES string of the molecule is C=CCN/C(=N\CN=C)c1cc(OCc2ccccc2)cc(OCC(C)CC)c1. The van der Waals surface area contributed by atoms with Crippen molar-refractivity contribution in [2.45, 2.75) is 26.9 Å². The molecule has 2 rings (SSSR count). The summed E-state index contributed by atoms with van der Waals surface area (Å²) < 4.78 is 12.1. The van der Waals surface area contributed by atoms with E-state index in [-0.39, 0.29) is 6.67 Å². The summed E-state index contributed by atoms with van der Waals surface area (Å²) in [5.41, 5.74) is 1.98. The summed E-state index contributed by atoms with van der Waals surface area (Å²) in [5, 5.41) is 3.26. The molecule has 0 aliphatic carbocycles. The number of ether oxygens (including phenoxy) is 2. The van der Waals surface area contributed by atoms with E-state index in [1.165, 1.54) is 0 Å². The minimum Gasteiger partial charge on any atom is -0.493 e. The summed E-state index contributed by atoms with van der Waals surface area (Å²) in [6.07, 6.45) is 2.85. The molecule has 5 heteroatoms. The first-order valence-electron chi connectivity index (χ1n) is 9.93. The van der Waals surface area contributed by atoms with Crippen LogP contribution in [-0.2, 0) is 6.61 Å². The Morgan fingerprint density at radius 2 is 1.86 bits per heavy atom. The zero-order valence-electron chi connectivity index (χ0n) is 17.4. The maximum Gasteiger partial charge on any atom is 0.130 e. The van der Waals surface area contributed by atoms with Crippen molar-refractivity contribution in [1.29, 1.82) is 0 Å². The van der Waals surface area contributed by atoms with E-state index in [0.29, 0.717) is 31.5 Å². The molecule has 29 heavy (non-hydrogen) atoms. The van der Waals surface area contributed by atoms with Crippen molar-refractivity contribution in [1.82, 2.24) is 5.32 Å². The first kappa shape index (κ1) is 22.2. The van der Waals surface area contributed by atoms with Gasteiger partial charge in [0.05, 0.1) is 6.61 Å². The van der Waals surface area contributed by atoms with Gasteiger partial charge >= 0.3 is 0 Å². The lowest BCUT2D eigenvalue weighted by Crippen LogP contribution is -2.25. The Bertz CT molecular complexity index is 803. The van der Waals surface area contributed by atoms with Crippen LogP contribution in [0, 0.1) is 5.92 Å². The molecule has 0 aromatic heterocycles. The van der Waals surface area contributed by atoms with Crippen molar-refractivity contribution in [2.75, 3.05) is 19.8 Å². The molecule has 5 nitrogen and oxygen atoms in total. The molecule has 1 atom stereocenters. The van der Waals surface area contributed by atoms with Crippen LogP contribution < -0.4 is 14.8 Å². The van der Waals surface area contributed by atoms with E-state index in [9.17, 15) is 0 Å². The highest BCUT2D eigenvalue weighted by Gasteiger charge is 2.10. The van der Waals surface area contributed by atoms with Crippen LogP contribution in [0.2, 0.25) is 0 Å². The Morgan fingerprint density at radius 3 is 2.52 bits per heavy atom. The normalized spacial score (nSPS) is 12.1. The van der Waals surface area contributed by atoms with E-state index in [1.807, 2.05) is 48.5 Å². The molecule has 0 spiro atoms. The predicted molar refractivity (Wildman–Crippen MR) is 121 cm³/mol. The number of benzene rings is 2. The minimum absolute atomic E-state index is 0.275. The monoisotopic (exact) mass is 393 g/mol. The second-order valence-electron chi connectivity index (χ2n) is 6.83. The van der Waals surface area contributed by atoms with Gasteiger partial charge in [-0.15, -0.1) is 6.58 Å². The van der Waals surface area contributed by atoms with Crippen LogP contribution in [0.5, 0.6) is 11.5 Å². The molecule has 0 saturated heterocycles. The van der Waals surface area contributed by atoms with Crippen LogP contribution in [-0.4, -0.2) is 32.4 Å². The number of nitrogens with zero attached hydrogens (tertiary/aromatic N) is 2. The first-order valence-corrected chi connectivity index (χ1v) is 9.93. The van der Waals surface area contributed by atoms with Gasteiger partial charge < -0.3 is 14.8 Å². The molecule has 0 bridgehead atoms. The molecule has 0 saturated carbocycles. The fourth-order valence-electron chi connectivity index (χ4n) is 2.51. The average Bonchev–Trinajstić information content (AvgIpc) is 2.76. The summed E-state index contributed by atoms with van der Waals surface area (Å²) >= 11 is 0. The third kappa shape index (κ3) is 7.82. The number of hydrogen-bond acceptors (Lipinski definition) is 4. The molecule has 154 valence electrons. The Kier molecular flexibility index (Phi) is 9.49. The quantitative estimate of drug-likeness (QED) is 0.318. The molecule has 2 aromatic carbocycles. The van der Waals surface area contributed by atoms with Gasteiger partial charge in [-0.25, -0.2) is 4.99 Å². The van der Waals surface area contributed by atoms with Crippen molar-refractivity contribution in [3.63, 3.8) is 0 Å². The highest BCUT2D eigenvalue weighted by Crippen LogP contribution is 2.25. The Labute approximate surface area is 174 Å². The van der Waals surface area contributed by atoms with Crippen molar-refractivity contribution >= 4 is 12.6 Å². The molecular weight excluding hydrogens is 362 g/mol. The van der Waals surface area contributed by atoms with Gasteiger partial charge in [0.2, 0.25) is 0 Å². The molecule has 0 amide bonds. The molecule has 0 fully saturated rings. The van der Waals surface area contributed by atoms with Crippen LogP contribution in [0.1, 0.15) is 31.4 Å². The number of aliphatic imine (C=N–C) groups is 2. The summed E-state index contributed by atoms with van der Waals surface area (Å²) in [5.74, 6) is 2.66. The highest BCUT2D eigenvalue weighted by atomic mass is 16.5. The van der Waals surface area contributed by atoms with E-state index in [2.05, 4.69) is 42.4 Å². The van der Waals surface area contributed by atoms with Crippen molar-refractivity contribution in [2.24, 2.45) is 15.9 Å². The lowest BCUT2D eigenvalue weighted by molar-refractivity contribution is 0.253. The second-order valence-corrected chi connectivity index (χ2v) is 6.83. The van der Waals surface area contributed by atoms with Gasteiger partial charge in [0, 0.05) is 18.2 Å². The van der Waals surface area contributed by atoms with E-state index in [0.717, 1.165) is 29.0 Å². The Morgan fingerprint density at radius 1 is 1.14 bits per heavy atom. The van der Waals surface area contributed by atoms with Gasteiger partial charge in [0.25, 0.3) is 0 Å². The maximum atomic E-state index is 6.05. The van der Waals surface area contributed by atoms with Gasteiger partial charge in [-0.2, -0.15) is 0 Å². The summed E-state index contributed by atoms with van der Waals surface area (Å²) in [6, 6.07) is 15.9.